The molecule has 3 saturated carbocycles. The van der Waals surface area contributed by atoms with E-state index in [1.54, 1.807) is 23.5 Å². The van der Waals surface area contributed by atoms with Crippen molar-refractivity contribution in [2.24, 2.45) is 11.3 Å². The predicted molar refractivity (Wildman–Crippen MR) is 130 cm³/mol. The van der Waals surface area contributed by atoms with E-state index in [9.17, 15) is 9.59 Å². The zero-order valence-corrected chi connectivity index (χ0v) is 20.5. The summed E-state index contributed by atoms with van der Waals surface area (Å²) in [5, 5.41) is 7.30. The summed E-state index contributed by atoms with van der Waals surface area (Å²) in [7, 11) is -0.498. The Kier molecular flexibility index (Phi) is 5.78. The van der Waals surface area contributed by atoms with Gasteiger partial charge in [-0.15, -0.1) is 0 Å². The van der Waals surface area contributed by atoms with Gasteiger partial charge in [0, 0.05) is 18.4 Å². The van der Waals surface area contributed by atoms with Crippen molar-refractivity contribution >= 4 is 30.1 Å². The molecule has 4 atom stereocenters. The van der Waals surface area contributed by atoms with Gasteiger partial charge in [0.1, 0.15) is 0 Å². The van der Waals surface area contributed by atoms with E-state index in [1.807, 2.05) is 23.6 Å². The second-order valence-electron chi connectivity index (χ2n) is 10.6. The van der Waals surface area contributed by atoms with Crippen molar-refractivity contribution in [1.82, 2.24) is 5.32 Å². The zero-order valence-electron chi connectivity index (χ0n) is 19.6. The summed E-state index contributed by atoms with van der Waals surface area (Å²) in [6.07, 6.45) is 4.15. The van der Waals surface area contributed by atoms with E-state index in [0.717, 1.165) is 24.8 Å². The number of ketones is 1. The molecule has 1 spiro atoms. The number of fused-ring (bicyclic) bond motifs is 1. The van der Waals surface area contributed by atoms with Crippen LogP contribution in [0, 0.1) is 11.3 Å². The zero-order chi connectivity index (χ0) is 23.3. The Morgan fingerprint density at radius 2 is 1.94 bits per heavy atom. The molecule has 4 fully saturated rings. The number of nitrogens with one attached hydrogen (secondary N) is 1. The summed E-state index contributed by atoms with van der Waals surface area (Å²) in [5.74, 6) is 0.204. The van der Waals surface area contributed by atoms with Crippen LogP contribution >= 0.6 is 11.3 Å². The quantitative estimate of drug-likeness (QED) is 0.447. The van der Waals surface area contributed by atoms with Gasteiger partial charge in [-0.2, -0.15) is 11.3 Å². The van der Waals surface area contributed by atoms with Crippen LogP contribution in [0.5, 0.6) is 0 Å². The third kappa shape index (κ3) is 3.78. The highest BCUT2D eigenvalue weighted by Crippen LogP contribution is 2.70. The molecule has 33 heavy (non-hydrogen) atoms. The lowest BCUT2D eigenvalue weighted by Gasteiger charge is -2.69. The number of hydrogen-bond donors (Lipinski definition) is 1. The molecule has 4 aliphatic rings. The lowest BCUT2D eigenvalue weighted by molar-refractivity contribution is -0.257. The van der Waals surface area contributed by atoms with Crippen molar-refractivity contribution in [2.75, 3.05) is 0 Å². The summed E-state index contributed by atoms with van der Waals surface area (Å²) < 4.78 is 13.4. The Labute approximate surface area is 200 Å². The molecule has 174 valence electrons. The number of carbonyl (C=O) groups is 2. The van der Waals surface area contributed by atoms with E-state index in [0.29, 0.717) is 17.9 Å². The first-order valence-corrected chi connectivity index (χ1v) is 12.9. The Balaban J connectivity index is 1.29. The predicted octanol–water partition coefficient (Wildman–Crippen LogP) is 4.85. The number of Topliss-reactive ketones (excluding diaryl/α,β-unsaturated/α-hetero) is 1. The third-order valence-electron chi connectivity index (χ3n) is 8.50. The minimum atomic E-state index is -0.498. The maximum absolute atomic E-state index is 12.9. The fourth-order valence-corrected chi connectivity index (χ4v) is 7.03. The highest BCUT2D eigenvalue weighted by Gasteiger charge is 2.76. The monoisotopic (exact) mass is 465 g/mol. The van der Waals surface area contributed by atoms with E-state index in [4.69, 9.17) is 9.31 Å². The van der Waals surface area contributed by atoms with Gasteiger partial charge in [-0.25, -0.2) is 0 Å². The van der Waals surface area contributed by atoms with Gasteiger partial charge in [0.25, 0.3) is 0 Å². The van der Waals surface area contributed by atoms with Crippen molar-refractivity contribution in [3.05, 3.63) is 58.3 Å². The summed E-state index contributed by atoms with van der Waals surface area (Å²) in [4.78, 5) is 25.4. The number of rotatable bonds is 8. The third-order valence-corrected chi connectivity index (χ3v) is 9.23. The van der Waals surface area contributed by atoms with E-state index < -0.39 is 7.12 Å². The van der Waals surface area contributed by atoms with Crippen molar-refractivity contribution < 1.29 is 18.9 Å². The SMILES string of the molecule is CC12CCC3CC1(OB([C@H](Cc1ccsc1)NC(=O)CCC(=O)c1ccccc1)O2)C3(C)C. The maximum Gasteiger partial charge on any atom is 0.482 e. The van der Waals surface area contributed by atoms with Gasteiger partial charge in [0.2, 0.25) is 5.91 Å². The molecule has 2 bridgehead atoms. The van der Waals surface area contributed by atoms with E-state index >= 15 is 0 Å². The van der Waals surface area contributed by atoms with Crippen LogP contribution in [0.25, 0.3) is 0 Å². The minimum Gasteiger partial charge on any atom is -0.402 e. The molecule has 0 radical (unpaired) electrons. The number of thiophene rings is 1. The van der Waals surface area contributed by atoms with Crippen LogP contribution in [0.2, 0.25) is 0 Å². The lowest BCUT2D eigenvalue weighted by Crippen LogP contribution is -2.73. The van der Waals surface area contributed by atoms with Crippen molar-refractivity contribution in [3.63, 3.8) is 0 Å². The maximum atomic E-state index is 12.9. The molecule has 2 heterocycles. The Morgan fingerprint density at radius 1 is 1.15 bits per heavy atom. The van der Waals surface area contributed by atoms with E-state index in [2.05, 4.69) is 37.5 Å². The number of amides is 1. The van der Waals surface area contributed by atoms with E-state index in [1.165, 1.54) is 0 Å². The first-order valence-electron chi connectivity index (χ1n) is 12.0. The molecule has 2 aromatic rings. The normalized spacial score (nSPS) is 30.3. The first-order chi connectivity index (χ1) is 15.7. The lowest BCUT2D eigenvalue weighted by atomic mass is 9.41. The van der Waals surface area contributed by atoms with Gasteiger partial charge in [-0.1, -0.05) is 44.2 Å². The average molecular weight is 465 g/mol. The Bertz CT molecular complexity index is 1030. The second kappa shape index (κ2) is 8.37. The van der Waals surface area contributed by atoms with Gasteiger partial charge in [0.15, 0.2) is 5.78 Å². The van der Waals surface area contributed by atoms with E-state index in [-0.39, 0.29) is 47.1 Å². The van der Waals surface area contributed by atoms with Crippen LogP contribution in [0.1, 0.15) is 68.8 Å². The minimum absolute atomic E-state index is 0.0202. The van der Waals surface area contributed by atoms with Gasteiger partial charge >= 0.3 is 7.12 Å². The van der Waals surface area contributed by atoms with Crippen LogP contribution < -0.4 is 5.32 Å². The van der Waals surface area contributed by atoms with Gasteiger partial charge < -0.3 is 14.6 Å². The van der Waals surface area contributed by atoms with Gasteiger partial charge in [-0.3, -0.25) is 9.59 Å². The molecule has 1 saturated heterocycles. The van der Waals surface area contributed by atoms with Crippen LogP contribution in [0.4, 0.5) is 0 Å². The van der Waals surface area contributed by atoms with Crippen molar-refractivity contribution in [1.29, 1.82) is 0 Å². The number of hydrogen-bond acceptors (Lipinski definition) is 5. The van der Waals surface area contributed by atoms with Crippen LogP contribution in [0.15, 0.2) is 47.2 Å². The Morgan fingerprint density at radius 3 is 2.61 bits per heavy atom. The molecule has 3 aliphatic carbocycles. The molecule has 5 nitrogen and oxygen atoms in total. The molecular formula is C26H32BNO4S. The summed E-state index contributed by atoms with van der Waals surface area (Å²) >= 11 is 1.64. The molecular weight excluding hydrogens is 433 g/mol. The molecule has 1 aliphatic heterocycles. The number of carbonyl (C=O) groups excluding carboxylic acids is 2. The molecule has 1 amide bonds. The fraction of sp³-hybridized carbons (Fsp3) is 0.538. The second-order valence-corrected chi connectivity index (χ2v) is 11.4. The first kappa shape index (κ1) is 22.8. The van der Waals surface area contributed by atoms with Crippen LogP contribution in [-0.4, -0.2) is 36.0 Å². The smallest absolute Gasteiger partial charge is 0.402 e. The highest BCUT2D eigenvalue weighted by atomic mass is 32.1. The van der Waals surface area contributed by atoms with Crippen molar-refractivity contribution in [3.8, 4) is 0 Å². The summed E-state index contributed by atoms with van der Waals surface area (Å²) in [5.41, 5.74) is 1.22. The molecule has 6 rings (SSSR count). The molecule has 3 unspecified atom stereocenters. The molecule has 7 heteroatoms. The average Bonchev–Trinajstić information content (AvgIpc) is 3.43. The highest BCUT2D eigenvalue weighted by molar-refractivity contribution is 7.07. The number of benzene rings is 1. The fourth-order valence-electron chi connectivity index (χ4n) is 6.35. The summed E-state index contributed by atoms with van der Waals surface area (Å²) in [6, 6.07) is 11.2. The van der Waals surface area contributed by atoms with Crippen LogP contribution in [0.3, 0.4) is 0 Å². The molecule has 1 aromatic heterocycles. The van der Waals surface area contributed by atoms with Gasteiger partial charge in [-0.05, 0) is 66.3 Å². The standard InChI is InChI=1S/C26H32BNO4S/c1-24(2)20-11-13-25(3)26(24,16-20)32-27(31-25)22(15-18-12-14-33-17-18)28-23(30)10-9-21(29)19-7-5-4-6-8-19/h4-8,12,14,17,20,22H,9-11,13,15-16H2,1-3H3,(H,28,30)/t20?,22-,25?,26?/m0/s1. The topological polar surface area (TPSA) is 64.6 Å². The largest absolute Gasteiger partial charge is 0.482 e. The molecule has 1 N–H and O–H groups in total. The molecule has 1 aromatic carbocycles. The van der Waals surface area contributed by atoms with Gasteiger partial charge in [0.05, 0.1) is 17.1 Å². The van der Waals surface area contributed by atoms with Crippen LogP contribution in [-0.2, 0) is 20.5 Å². The van der Waals surface area contributed by atoms with Crippen molar-refractivity contribution in [2.45, 2.75) is 76.4 Å². The summed E-state index contributed by atoms with van der Waals surface area (Å²) in [6.45, 7) is 6.78. The Hall–Kier alpha value is -1.96.